The Balaban J connectivity index is 2.42. The van der Waals surface area contributed by atoms with Gasteiger partial charge >= 0.3 is 6.03 Å². The standard InChI is InChI=1S/C14H14ClN3O3/c1-7-4-11(12(6-13(7)20)18-14(16)21)17-10-3-2-8(19)5-9(10)15/h2-6,17,19-20H,1H3,(H3,16,18,21). The number of hydrogen-bond acceptors (Lipinski definition) is 4. The van der Waals surface area contributed by atoms with Crippen LogP contribution < -0.4 is 16.4 Å². The number of carbonyl (C=O) groups excluding carboxylic acids is 1. The molecule has 0 heterocycles. The summed E-state index contributed by atoms with van der Waals surface area (Å²) in [6, 6.07) is 6.73. The Bertz CT molecular complexity index is 704. The second-order valence-electron chi connectivity index (χ2n) is 4.46. The van der Waals surface area contributed by atoms with E-state index in [-0.39, 0.29) is 11.5 Å². The molecule has 0 saturated carbocycles. The van der Waals surface area contributed by atoms with Crippen LogP contribution in [0.5, 0.6) is 11.5 Å². The number of nitrogens with one attached hydrogen (secondary N) is 2. The first-order chi connectivity index (χ1) is 9.86. The highest BCUT2D eigenvalue weighted by atomic mass is 35.5. The van der Waals surface area contributed by atoms with E-state index in [1.54, 1.807) is 19.1 Å². The molecule has 0 fully saturated rings. The number of anilines is 3. The molecule has 0 bridgehead atoms. The maximum Gasteiger partial charge on any atom is 0.316 e. The van der Waals surface area contributed by atoms with Crippen molar-refractivity contribution in [2.24, 2.45) is 5.73 Å². The maximum atomic E-state index is 11.0. The highest BCUT2D eigenvalue weighted by Crippen LogP contribution is 2.35. The van der Waals surface area contributed by atoms with Gasteiger partial charge in [-0.1, -0.05) is 11.6 Å². The highest BCUT2D eigenvalue weighted by molar-refractivity contribution is 6.33. The van der Waals surface area contributed by atoms with Gasteiger partial charge in [-0.3, -0.25) is 0 Å². The molecule has 0 aliphatic rings. The van der Waals surface area contributed by atoms with Gasteiger partial charge in [0.1, 0.15) is 11.5 Å². The lowest BCUT2D eigenvalue weighted by Crippen LogP contribution is -2.20. The SMILES string of the molecule is Cc1cc(Nc2ccc(O)cc2Cl)c(NC(N)=O)cc1O. The molecular formula is C14H14ClN3O3. The van der Waals surface area contributed by atoms with Crippen LogP contribution in [-0.4, -0.2) is 16.2 Å². The molecule has 2 rings (SSSR count). The Morgan fingerprint density at radius 2 is 1.86 bits per heavy atom. The predicted octanol–water partition coefficient (Wildman–Crippen LogP) is 3.29. The average molecular weight is 308 g/mol. The minimum atomic E-state index is -0.752. The number of carbonyl (C=O) groups is 1. The third-order valence-corrected chi connectivity index (χ3v) is 3.13. The van der Waals surface area contributed by atoms with Gasteiger partial charge in [-0.25, -0.2) is 4.79 Å². The maximum absolute atomic E-state index is 11.0. The van der Waals surface area contributed by atoms with Crippen LogP contribution >= 0.6 is 11.6 Å². The van der Waals surface area contributed by atoms with Gasteiger partial charge in [0.05, 0.1) is 22.1 Å². The molecule has 0 unspecified atom stereocenters. The van der Waals surface area contributed by atoms with E-state index in [2.05, 4.69) is 10.6 Å². The first-order valence-electron chi connectivity index (χ1n) is 6.02. The molecule has 0 aliphatic heterocycles. The number of phenolic OH excluding ortho intramolecular Hbond substituents is 2. The quantitative estimate of drug-likeness (QED) is 0.561. The Hall–Kier alpha value is -2.60. The Morgan fingerprint density at radius 3 is 2.48 bits per heavy atom. The molecule has 0 saturated heterocycles. The first kappa shape index (κ1) is 14.8. The molecule has 0 spiro atoms. The summed E-state index contributed by atoms with van der Waals surface area (Å²) in [6.07, 6.45) is 0. The molecule has 0 aliphatic carbocycles. The Labute approximate surface area is 126 Å². The predicted molar refractivity (Wildman–Crippen MR) is 82.4 cm³/mol. The molecule has 110 valence electrons. The molecule has 2 amide bonds. The number of phenols is 2. The number of benzene rings is 2. The van der Waals surface area contributed by atoms with Crippen molar-refractivity contribution >= 4 is 34.7 Å². The number of aryl methyl sites for hydroxylation is 1. The molecule has 0 radical (unpaired) electrons. The van der Waals surface area contributed by atoms with Crippen LogP contribution in [0.25, 0.3) is 0 Å². The van der Waals surface area contributed by atoms with Crippen LogP contribution in [0.1, 0.15) is 5.56 Å². The highest BCUT2D eigenvalue weighted by Gasteiger charge is 2.10. The van der Waals surface area contributed by atoms with Gasteiger partial charge in [0.25, 0.3) is 0 Å². The summed E-state index contributed by atoms with van der Waals surface area (Å²) in [4.78, 5) is 11.0. The smallest absolute Gasteiger partial charge is 0.316 e. The van der Waals surface area contributed by atoms with Crippen LogP contribution in [0.4, 0.5) is 21.9 Å². The molecule has 2 aromatic carbocycles. The first-order valence-corrected chi connectivity index (χ1v) is 6.40. The molecule has 21 heavy (non-hydrogen) atoms. The summed E-state index contributed by atoms with van der Waals surface area (Å²) < 4.78 is 0. The second kappa shape index (κ2) is 5.80. The van der Waals surface area contributed by atoms with Crippen molar-refractivity contribution in [2.45, 2.75) is 6.92 Å². The number of nitrogens with two attached hydrogens (primary N) is 1. The number of urea groups is 1. The summed E-state index contributed by atoms with van der Waals surface area (Å²) in [5.41, 5.74) is 7.08. The van der Waals surface area contributed by atoms with E-state index in [0.29, 0.717) is 27.6 Å². The number of amides is 2. The van der Waals surface area contributed by atoms with Gasteiger partial charge < -0.3 is 26.6 Å². The minimum absolute atomic E-state index is 0.0288. The van der Waals surface area contributed by atoms with Gasteiger partial charge in [-0.2, -0.15) is 0 Å². The monoisotopic (exact) mass is 307 g/mol. The van der Waals surface area contributed by atoms with Crippen LogP contribution in [0.3, 0.4) is 0 Å². The molecule has 6 nitrogen and oxygen atoms in total. The van der Waals surface area contributed by atoms with Gasteiger partial charge in [0, 0.05) is 12.1 Å². The van der Waals surface area contributed by atoms with Crippen molar-refractivity contribution in [3.05, 3.63) is 40.9 Å². The molecular weight excluding hydrogens is 294 g/mol. The fourth-order valence-electron chi connectivity index (χ4n) is 1.79. The van der Waals surface area contributed by atoms with E-state index in [0.717, 1.165) is 0 Å². The zero-order chi connectivity index (χ0) is 15.6. The van der Waals surface area contributed by atoms with Gasteiger partial charge in [0.15, 0.2) is 0 Å². The Kier molecular flexibility index (Phi) is 4.09. The largest absolute Gasteiger partial charge is 0.508 e. The topological polar surface area (TPSA) is 108 Å². The van der Waals surface area contributed by atoms with E-state index in [1.807, 2.05) is 0 Å². The fourth-order valence-corrected chi connectivity index (χ4v) is 2.01. The lowest BCUT2D eigenvalue weighted by atomic mass is 10.1. The number of halogens is 1. The van der Waals surface area contributed by atoms with Crippen molar-refractivity contribution < 1.29 is 15.0 Å². The van der Waals surface area contributed by atoms with E-state index >= 15 is 0 Å². The second-order valence-corrected chi connectivity index (χ2v) is 4.87. The van der Waals surface area contributed by atoms with Crippen molar-refractivity contribution in [1.29, 1.82) is 0 Å². The van der Waals surface area contributed by atoms with Crippen LogP contribution in [0, 0.1) is 6.92 Å². The normalized spacial score (nSPS) is 10.2. The number of primary amides is 1. The van der Waals surface area contributed by atoms with Crippen molar-refractivity contribution in [1.82, 2.24) is 0 Å². The van der Waals surface area contributed by atoms with Crippen LogP contribution in [0.2, 0.25) is 5.02 Å². The summed E-state index contributed by atoms with van der Waals surface area (Å²) in [5, 5.41) is 24.8. The number of rotatable bonds is 3. The third kappa shape index (κ3) is 3.49. The van der Waals surface area contributed by atoms with Gasteiger partial charge in [-0.05, 0) is 30.7 Å². The molecule has 7 heteroatoms. The average Bonchev–Trinajstić information content (AvgIpc) is 2.38. The summed E-state index contributed by atoms with van der Waals surface area (Å²) in [7, 11) is 0. The Morgan fingerprint density at radius 1 is 1.14 bits per heavy atom. The summed E-state index contributed by atoms with van der Waals surface area (Å²) >= 11 is 6.02. The fraction of sp³-hybridized carbons (Fsp3) is 0.0714. The summed E-state index contributed by atoms with van der Waals surface area (Å²) in [6.45, 7) is 1.72. The molecule has 0 atom stereocenters. The third-order valence-electron chi connectivity index (χ3n) is 2.82. The lowest BCUT2D eigenvalue weighted by molar-refractivity contribution is 0.259. The van der Waals surface area contributed by atoms with E-state index in [4.69, 9.17) is 17.3 Å². The van der Waals surface area contributed by atoms with Crippen LogP contribution in [0.15, 0.2) is 30.3 Å². The zero-order valence-corrected chi connectivity index (χ0v) is 11.9. The van der Waals surface area contributed by atoms with E-state index in [1.165, 1.54) is 18.2 Å². The molecule has 6 N–H and O–H groups in total. The molecule has 0 aromatic heterocycles. The van der Waals surface area contributed by atoms with Gasteiger partial charge in [-0.15, -0.1) is 0 Å². The van der Waals surface area contributed by atoms with Crippen molar-refractivity contribution in [3.8, 4) is 11.5 Å². The van der Waals surface area contributed by atoms with Gasteiger partial charge in [0.2, 0.25) is 0 Å². The molecule has 2 aromatic rings. The van der Waals surface area contributed by atoms with Crippen LogP contribution in [-0.2, 0) is 0 Å². The van der Waals surface area contributed by atoms with E-state index in [9.17, 15) is 15.0 Å². The van der Waals surface area contributed by atoms with E-state index < -0.39 is 6.03 Å². The summed E-state index contributed by atoms with van der Waals surface area (Å²) in [5.74, 6) is 0.0732. The zero-order valence-electron chi connectivity index (χ0n) is 11.1. The minimum Gasteiger partial charge on any atom is -0.508 e. The number of hydrogen-bond donors (Lipinski definition) is 5. The lowest BCUT2D eigenvalue weighted by Gasteiger charge is -2.15. The van der Waals surface area contributed by atoms with Crippen molar-refractivity contribution in [2.75, 3.05) is 10.6 Å². The van der Waals surface area contributed by atoms with Crippen molar-refractivity contribution in [3.63, 3.8) is 0 Å². The number of aromatic hydroxyl groups is 2.